The van der Waals surface area contributed by atoms with Gasteiger partial charge in [0.25, 0.3) is 0 Å². The molecule has 0 aromatic heterocycles. The van der Waals surface area contributed by atoms with Crippen LogP contribution in [0.4, 0.5) is 0 Å². The Hall–Kier alpha value is -1.51. The highest BCUT2D eigenvalue weighted by atomic mass is 16.5. The number of hydrogen-bond acceptors (Lipinski definition) is 2. The molecule has 1 aliphatic heterocycles. The van der Waals surface area contributed by atoms with Crippen LogP contribution in [0.1, 0.15) is 19.4 Å². The smallest absolute Gasteiger partial charge is 0.222 e. The minimum Gasteiger partial charge on any atom is -0.493 e. The predicted octanol–water partition coefficient (Wildman–Crippen LogP) is 2.01. The third kappa shape index (κ3) is 2.99. The zero-order valence-electron chi connectivity index (χ0n) is 10.4. The van der Waals surface area contributed by atoms with E-state index in [4.69, 9.17) is 4.74 Å². The molecule has 0 spiro atoms. The molecule has 0 aliphatic carbocycles. The Labute approximate surface area is 102 Å². The molecule has 3 nitrogen and oxygen atoms in total. The van der Waals surface area contributed by atoms with E-state index in [0.29, 0.717) is 19.1 Å². The molecular formula is C14H19NO2. The fourth-order valence-corrected chi connectivity index (χ4v) is 1.97. The normalized spacial score (nSPS) is 18.4. The summed E-state index contributed by atoms with van der Waals surface area (Å²) in [5.74, 6) is 1.53. The van der Waals surface area contributed by atoms with Gasteiger partial charge >= 0.3 is 0 Å². The third-order valence-corrected chi connectivity index (χ3v) is 3.05. The van der Waals surface area contributed by atoms with Gasteiger partial charge in [-0.3, -0.25) is 4.79 Å². The van der Waals surface area contributed by atoms with Gasteiger partial charge in [-0.15, -0.1) is 0 Å². The van der Waals surface area contributed by atoms with Crippen molar-refractivity contribution in [3.05, 3.63) is 29.8 Å². The van der Waals surface area contributed by atoms with Crippen molar-refractivity contribution in [2.75, 3.05) is 13.2 Å². The van der Waals surface area contributed by atoms with Gasteiger partial charge in [-0.05, 0) is 18.1 Å². The minimum absolute atomic E-state index is 0.0480. The van der Waals surface area contributed by atoms with Gasteiger partial charge in [0.05, 0.1) is 6.61 Å². The van der Waals surface area contributed by atoms with E-state index in [1.54, 1.807) is 0 Å². The summed E-state index contributed by atoms with van der Waals surface area (Å²) in [6, 6.07) is 8.10. The molecule has 3 heteroatoms. The van der Waals surface area contributed by atoms with Crippen molar-refractivity contribution in [3.63, 3.8) is 0 Å². The molecule has 1 unspecified atom stereocenters. The number of carbonyl (C=O) groups is 1. The van der Waals surface area contributed by atoms with Gasteiger partial charge in [-0.1, -0.05) is 32.0 Å². The van der Waals surface area contributed by atoms with Crippen molar-refractivity contribution in [1.82, 2.24) is 5.32 Å². The maximum absolute atomic E-state index is 11.5. The second-order valence-electron chi connectivity index (χ2n) is 4.89. The summed E-state index contributed by atoms with van der Waals surface area (Å²) < 4.78 is 5.68. The number of nitrogens with one attached hydrogen (secondary N) is 1. The lowest BCUT2D eigenvalue weighted by atomic mass is 9.96. The number of amides is 1. The Morgan fingerprint density at radius 1 is 1.47 bits per heavy atom. The average molecular weight is 233 g/mol. The molecule has 1 heterocycles. The van der Waals surface area contributed by atoms with E-state index >= 15 is 0 Å². The third-order valence-electron chi connectivity index (χ3n) is 3.05. The summed E-state index contributed by atoms with van der Waals surface area (Å²) in [5.41, 5.74) is 1.24. The number of hydrogen-bond donors (Lipinski definition) is 1. The quantitative estimate of drug-likeness (QED) is 0.867. The van der Waals surface area contributed by atoms with E-state index in [9.17, 15) is 4.79 Å². The maximum atomic E-state index is 11.5. The summed E-state index contributed by atoms with van der Waals surface area (Å²) in [4.78, 5) is 11.5. The molecule has 0 radical (unpaired) electrons. The molecule has 0 saturated heterocycles. The zero-order chi connectivity index (χ0) is 12.3. The molecule has 1 aliphatic rings. The summed E-state index contributed by atoms with van der Waals surface area (Å²) in [6.07, 6.45) is 0.981. The number of ether oxygens (including phenoxy) is 1. The lowest BCUT2D eigenvalue weighted by Crippen LogP contribution is -2.36. The van der Waals surface area contributed by atoms with Crippen LogP contribution in [0, 0.1) is 11.8 Å². The summed E-state index contributed by atoms with van der Waals surface area (Å²) in [7, 11) is 0. The minimum atomic E-state index is 0.0480. The van der Waals surface area contributed by atoms with Crippen molar-refractivity contribution >= 4 is 5.91 Å². The SMILES string of the molecule is CC(C)C(=O)NCC1COc2ccccc2C1. The van der Waals surface area contributed by atoms with Crippen molar-refractivity contribution in [3.8, 4) is 5.75 Å². The number of rotatable bonds is 3. The molecule has 1 atom stereocenters. The maximum Gasteiger partial charge on any atom is 0.222 e. The van der Waals surface area contributed by atoms with E-state index in [0.717, 1.165) is 12.2 Å². The lowest BCUT2D eigenvalue weighted by molar-refractivity contribution is -0.124. The molecule has 1 aromatic rings. The molecule has 0 saturated carbocycles. The van der Waals surface area contributed by atoms with Crippen molar-refractivity contribution in [2.24, 2.45) is 11.8 Å². The Morgan fingerprint density at radius 2 is 2.24 bits per heavy atom. The van der Waals surface area contributed by atoms with Crippen LogP contribution in [-0.2, 0) is 11.2 Å². The first-order valence-electron chi connectivity index (χ1n) is 6.15. The van der Waals surface area contributed by atoms with Crippen LogP contribution in [0.15, 0.2) is 24.3 Å². The lowest BCUT2D eigenvalue weighted by Gasteiger charge is -2.25. The molecule has 17 heavy (non-hydrogen) atoms. The number of benzene rings is 1. The van der Waals surface area contributed by atoms with Crippen LogP contribution in [0.2, 0.25) is 0 Å². The molecule has 0 fully saturated rings. The standard InChI is InChI=1S/C14H19NO2/c1-10(2)14(16)15-8-11-7-12-5-3-4-6-13(12)17-9-11/h3-6,10-11H,7-9H2,1-2H3,(H,15,16). The Morgan fingerprint density at radius 3 is 3.00 bits per heavy atom. The van der Waals surface area contributed by atoms with Crippen LogP contribution in [0.25, 0.3) is 0 Å². The highest BCUT2D eigenvalue weighted by Crippen LogP contribution is 2.26. The van der Waals surface area contributed by atoms with Crippen LogP contribution in [0.5, 0.6) is 5.75 Å². The second kappa shape index (κ2) is 5.21. The summed E-state index contributed by atoms with van der Waals surface area (Å²) >= 11 is 0. The van der Waals surface area contributed by atoms with Crippen molar-refractivity contribution < 1.29 is 9.53 Å². The Kier molecular flexibility index (Phi) is 3.67. The summed E-state index contributed by atoms with van der Waals surface area (Å²) in [5, 5.41) is 2.96. The molecule has 0 bridgehead atoms. The van der Waals surface area contributed by atoms with E-state index in [1.165, 1.54) is 5.56 Å². The molecule has 1 aromatic carbocycles. The largest absolute Gasteiger partial charge is 0.493 e. The van der Waals surface area contributed by atoms with Crippen molar-refractivity contribution in [2.45, 2.75) is 20.3 Å². The summed E-state index contributed by atoms with van der Waals surface area (Å²) in [6.45, 7) is 5.20. The van der Waals surface area contributed by atoms with Gasteiger partial charge in [0.1, 0.15) is 5.75 Å². The fourth-order valence-electron chi connectivity index (χ4n) is 1.97. The number of fused-ring (bicyclic) bond motifs is 1. The van der Waals surface area contributed by atoms with Gasteiger partial charge < -0.3 is 10.1 Å². The number of carbonyl (C=O) groups excluding carboxylic acids is 1. The van der Waals surface area contributed by atoms with Gasteiger partial charge in [0.2, 0.25) is 5.91 Å². The fraction of sp³-hybridized carbons (Fsp3) is 0.500. The highest BCUT2D eigenvalue weighted by molar-refractivity contribution is 5.77. The topological polar surface area (TPSA) is 38.3 Å². The van der Waals surface area contributed by atoms with E-state index in [1.807, 2.05) is 32.0 Å². The molecule has 1 amide bonds. The van der Waals surface area contributed by atoms with E-state index < -0.39 is 0 Å². The first-order valence-corrected chi connectivity index (χ1v) is 6.15. The second-order valence-corrected chi connectivity index (χ2v) is 4.89. The van der Waals surface area contributed by atoms with Crippen LogP contribution < -0.4 is 10.1 Å². The van der Waals surface area contributed by atoms with Crippen LogP contribution >= 0.6 is 0 Å². The van der Waals surface area contributed by atoms with Crippen LogP contribution in [-0.4, -0.2) is 19.1 Å². The van der Waals surface area contributed by atoms with Crippen LogP contribution in [0.3, 0.4) is 0 Å². The van der Waals surface area contributed by atoms with E-state index in [-0.39, 0.29) is 11.8 Å². The number of para-hydroxylation sites is 1. The first kappa shape index (κ1) is 12.0. The first-order chi connectivity index (χ1) is 8.16. The predicted molar refractivity (Wildman–Crippen MR) is 67.0 cm³/mol. The monoisotopic (exact) mass is 233 g/mol. The molecule has 2 rings (SSSR count). The molecule has 1 N–H and O–H groups in total. The molecular weight excluding hydrogens is 214 g/mol. The van der Waals surface area contributed by atoms with E-state index in [2.05, 4.69) is 11.4 Å². The zero-order valence-corrected chi connectivity index (χ0v) is 10.4. The molecule has 92 valence electrons. The van der Waals surface area contributed by atoms with Crippen molar-refractivity contribution in [1.29, 1.82) is 0 Å². The van der Waals surface area contributed by atoms with Gasteiger partial charge in [0.15, 0.2) is 0 Å². The average Bonchev–Trinajstić information content (AvgIpc) is 2.35. The highest BCUT2D eigenvalue weighted by Gasteiger charge is 2.20. The Balaban J connectivity index is 1.88. The van der Waals surface area contributed by atoms with Gasteiger partial charge in [-0.25, -0.2) is 0 Å². The van der Waals surface area contributed by atoms with Gasteiger partial charge in [-0.2, -0.15) is 0 Å². The van der Waals surface area contributed by atoms with Gasteiger partial charge in [0, 0.05) is 18.4 Å². The Bertz CT molecular complexity index is 401.